The van der Waals surface area contributed by atoms with Crippen molar-refractivity contribution in [2.45, 2.75) is 25.6 Å². The Morgan fingerprint density at radius 1 is 1.08 bits per heavy atom. The zero-order chi connectivity index (χ0) is 17.5. The number of ether oxygens (including phenoxy) is 3. The first-order valence-corrected chi connectivity index (χ1v) is 8.52. The molecule has 1 aliphatic rings. The predicted octanol–water partition coefficient (Wildman–Crippen LogP) is 3.18. The number of piperidine rings is 1. The lowest BCUT2D eigenvalue weighted by molar-refractivity contribution is 0.0471. The SMILES string of the molecule is COc1cccc(COC(=O)c2cccc(OC3CCNCC3)c2)c1. The Kier molecular flexibility index (Phi) is 5.90. The van der Waals surface area contributed by atoms with Crippen molar-refractivity contribution in [1.82, 2.24) is 5.32 Å². The van der Waals surface area contributed by atoms with E-state index in [0.29, 0.717) is 11.3 Å². The van der Waals surface area contributed by atoms with Crippen molar-refractivity contribution in [3.8, 4) is 11.5 Å². The summed E-state index contributed by atoms with van der Waals surface area (Å²) in [5.41, 5.74) is 1.38. The maximum absolute atomic E-state index is 12.3. The van der Waals surface area contributed by atoms with Crippen LogP contribution < -0.4 is 14.8 Å². The van der Waals surface area contributed by atoms with Crippen molar-refractivity contribution in [2.24, 2.45) is 0 Å². The van der Waals surface area contributed by atoms with Gasteiger partial charge in [0.15, 0.2) is 0 Å². The zero-order valence-electron chi connectivity index (χ0n) is 14.4. The molecule has 1 fully saturated rings. The number of hydrogen-bond acceptors (Lipinski definition) is 5. The smallest absolute Gasteiger partial charge is 0.338 e. The van der Waals surface area contributed by atoms with Crippen molar-refractivity contribution in [3.05, 3.63) is 59.7 Å². The first kappa shape index (κ1) is 17.3. The van der Waals surface area contributed by atoms with Crippen molar-refractivity contribution in [2.75, 3.05) is 20.2 Å². The summed E-state index contributed by atoms with van der Waals surface area (Å²) in [6.07, 6.45) is 2.15. The van der Waals surface area contributed by atoms with Crippen molar-refractivity contribution < 1.29 is 19.0 Å². The highest BCUT2D eigenvalue weighted by molar-refractivity contribution is 5.89. The van der Waals surface area contributed by atoms with E-state index in [1.54, 1.807) is 19.2 Å². The van der Waals surface area contributed by atoms with E-state index in [2.05, 4.69) is 5.32 Å². The molecule has 0 aromatic heterocycles. The lowest BCUT2D eigenvalue weighted by atomic mass is 10.1. The molecule has 2 aromatic carbocycles. The lowest BCUT2D eigenvalue weighted by Crippen LogP contribution is -2.34. The van der Waals surface area contributed by atoms with Crippen LogP contribution in [0.2, 0.25) is 0 Å². The molecule has 0 aliphatic carbocycles. The maximum Gasteiger partial charge on any atom is 0.338 e. The van der Waals surface area contributed by atoms with E-state index in [4.69, 9.17) is 14.2 Å². The van der Waals surface area contributed by atoms with Gasteiger partial charge in [-0.3, -0.25) is 0 Å². The fourth-order valence-corrected chi connectivity index (χ4v) is 2.80. The van der Waals surface area contributed by atoms with Crippen LogP contribution in [0.3, 0.4) is 0 Å². The third-order valence-electron chi connectivity index (χ3n) is 4.16. The van der Waals surface area contributed by atoms with Gasteiger partial charge in [0.1, 0.15) is 24.2 Å². The van der Waals surface area contributed by atoms with Gasteiger partial charge in [-0.15, -0.1) is 0 Å². The molecular formula is C20H23NO4. The summed E-state index contributed by atoms with van der Waals surface area (Å²) < 4.78 is 16.5. The Morgan fingerprint density at radius 2 is 1.84 bits per heavy atom. The first-order chi connectivity index (χ1) is 12.2. The van der Waals surface area contributed by atoms with E-state index in [0.717, 1.165) is 37.2 Å². The van der Waals surface area contributed by atoms with Crippen LogP contribution in [0.25, 0.3) is 0 Å². The third-order valence-corrected chi connectivity index (χ3v) is 4.16. The van der Waals surface area contributed by atoms with Crippen LogP contribution in [0, 0.1) is 0 Å². The minimum atomic E-state index is -0.362. The Balaban J connectivity index is 1.58. The fourth-order valence-electron chi connectivity index (χ4n) is 2.80. The van der Waals surface area contributed by atoms with E-state index in [1.807, 2.05) is 36.4 Å². The molecule has 0 unspecified atom stereocenters. The zero-order valence-corrected chi connectivity index (χ0v) is 14.4. The summed E-state index contributed by atoms with van der Waals surface area (Å²) in [5.74, 6) is 1.09. The molecule has 0 spiro atoms. The lowest BCUT2D eigenvalue weighted by Gasteiger charge is -2.23. The van der Waals surface area contributed by atoms with Crippen molar-refractivity contribution in [3.63, 3.8) is 0 Å². The fraction of sp³-hybridized carbons (Fsp3) is 0.350. The average molecular weight is 341 g/mol. The minimum absolute atomic E-state index is 0.198. The predicted molar refractivity (Wildman–Crippen MR) is 95.1 cm³/mol. The van der Waals surface area contributed by atoms with Crippen molar-refractivity contribution >= 4 is 5.97 Å². The van der Waals surface area contributed by atoms with E-state index in [-0.39, 0.29) is 18.7 Å². The number of carbonyl (C=O) groups is 1. The molecule has 2 aromatic rings. The standard InChI is InChI=1S/C20H23NO4/c1-23-18-6-2-4-15(12-18)14-24-20(22)16-5-3-7-19(13-16)25-17-8-10-21-11-9-17/h2-7,12-13,17,21H,8-11,14H2,1H3. The highest BCUT2D eigenvalue weighted by Crippen LogP contribution is 2.19. The number of hydrogen-bond donors (Lipinski definition) is 1. The quantitative estimate of drug-likeness (QED) is 0.818. The van der Waals surface area contributed by atoms with Crippen LogP contribution in [-0.2, 0) is 11.3 Å². The molecule has 1 aliphatic heterocycles. The van der Waals surface area contributed by atoms with Gasteiger partial charge in [-0.2, -0.15) is 0 Å². The second kappa shape index (κ2) is 8.53. The highest BCUT2D eigenvalue weighted by Gasteiger charge is 2.15. The van der Waals surface area contributed by atoms with Crippen LogP contribution in [0.5, 0.6) is 11.5 Å². The summed E-state index contributed by atoms with van der Waals surface area (Å²) >= 11 is 0. The molecule has 132 valence electrons. The highest BCUT2D eigenvalue weighted by atomic mass is 16.5. The topological polar surface area (TPSA) is 56.8 Å². The number of rotatable bonds is 6. The van der Waals surface area contributed by atoms with E-state index >= 15 is 0 Å². The maximum atomic E-state index is 12.3. The van der Waals surface area contributed by atoms with Gasteiger partial charge in [0.05, 0.1) is 12.7 Å². The Labute approximate surface area is 147 Å². The molecule has 0 amide bonds. The van der Waals surface area contributed by atoms with Crippen LogP contribution in [0.15, 0.2) is 48.5 Å². The summed E-state index contributed by atoms with van der Waals surface area (Å²) in [5, 5.41) is 3.31. The second-order valence-electron chi connectivity index (χ2n) is 6.02. The van der Waals surface area contributed by atoms with Gasteiger partial charge in [0, 0.05) is 0 Å². The summed E-state index contributed by atoms with van der Waals surface area (Å²) in [6.45, 7) is 2.13. The molecule has 0 atom stereocenters. The number of nitrogens with one attached hydrogen (secondary N) is 1. The minimum Gasteiger partial charge on any atom is -0.497 e. The number of benzene rings is 2. The monoisotopic (exact) mass is 341 g/mol. The van der Waals surface area contributed by atoms with E-state index < -0.39 is 0 Å². The summed E-state index contributed by atoms with van der Waals surface area (Å²) in [7, 11) is 1.61. The van der Waals surface area contributed by atoms with Crippen LogP contribution in [0.1, 0.15) is 28.8 Å². The molecule has 5 heteroatoms. The molecule has 3 rings (SSSR count). The van der Waals surface area contributed by atoms with Gasteiger partial charge in [-0.25, -0.2) is 4.79 Å². The Morgan fingerprint density at radius 3 is 2.64 bits per heavy atom. The van der Waals surface area contributed by atoms with Crippen LogP contribution in [-0.4, -0.2) is 32.3 Å². The van der Waals surface area contributed by atoms with Crippen LogP contribution in [0.4, 0.5) is 0 Å². The normalized spacial score (nSPS) is 14.8. The third kappa shape index (κ3) is 4.97. The molecular weight excluding hydrogens is 318 g/mol. The largest absolute Gasteiger partial charge is 0.497 e. The molecule has 0 bridgehead atoms. The molecule has 0 saturated carbocycles. The second-order valence-corrected chi connectivity index (χ2v) is 6.02. The van der Waals surface area contributed by atoms with Crippen LogP contribution >= 0.6 is 0 Å². The first-order valence-electron chi connectivity index (χ1n) is 8.52. The van der Waals surface area contributed by atoms with Gasteiger partial charge >= 0.3 is 5.97 Å². The molecule has 5 nitrogen and oxygen atoms in total. The van der Waals surface area contributed by atoms with E-state index in [1.165, 1.54) is 0 Å². The Bertz CT molecular complexity index is 710. The van der Waals surface area contributed by atoms with Gasteiger partial charge < -0.3 is 19.5 Å². The van der Waals surface area contributed by atoms with Gasteiger partial charge in [0.2, 0.25) is 0 Å². The molecule has 1 saturated heterocycles. The molecule has 25 heavy (non-hydrogen) atoms. The van der Waals surface area contributed by atoms with Gasteiger partial charge in [-0.05, 0) is 61.8 Å². The molecule has 0 radical (unpaired) electrons. The molecule has 1 N–H and O–H groups in total. The van der Waals surface area contributed by atoms with Gasteiger partial charge in [-0.1, -0.05) is 18.2 Å². The van der Waals surface area contributed by atoms with E-state index in [9.17, 15) is 4.79 Å². The number of methoxy groups -OCH3 is 1. The number of esters is 1. The van der Waals surface area contributed by atoms with Gasteiger partial charge in [0.25, 0.3) is 0 Å². The molecule has 1 heterocycles. The summed E-state index contributed by atoms with van der Waals surface area (Å²) in [4.78, 5) is 12.3. The average Bonchev–Trinajstić information content (AvgIpc) is 2.67. The number of carbonyl (C=O) groups excluding carboxylic acids is 1. The Hall–Kier alpha value is -2.53. The van der Waals surface area contributed by atoms with Crippen molar-refractivity contribution in [1.29, 1.82) is 0 Å². The summed E-state index contributed by atoms with van der Waals surface area (Å²) in [6, 6.07) is 14.7.